The van der Waals surface area contributed by atoms with Crippen molar-refractivity contribution in [2.24, 2.45) is 12.8 Å². The minimum atomic E-state index is -0.916. The maximum absolute atomic E-state index is 10.7. The van der Waals surface area contributed by atoms with Crippen LogP contribution in [0.2, 0.25) is 0 Å². The smallest absolute Gasteiger partial charge is 0.313 e. The zero-order valence-corrected chi connectivity index (χ0v) is 6.77. The van der Waals surface area contributed by atoms with Gasteiger partial charge in [-0.1, -0.05) is 0 Å². The van der Waals surface area contributed by atoms with E-state index in [9.17, 15) is 4.79 Å². The van der Waals surface area contributed by atoms with Crippen LogP contribution >= 0.6 is 0 Å². The second-order valence-electron chi connectivity index (χ2n) is 2.51. The molecule has 0 fully saturated rings. The number of carbonyl (C=O) groups is 1. The number of aliphatic carboxylic acids is 1. The zero-order chi connectivity index (χ0) is 9.14. The lowest BCUT2D eigenvalue weighted by atomic mass is 10.1. The van der Waals surface area contributed by atoms with Gasteiger partial charge in [0.15, 0.2) is 0 Å². The van der Waals surface area contributed by atoms with Gasteiger partial charge in [-0.25, -0.2) is 0 Å². The molecule has 1 aromatic heterocycles. The molecular formula is C7H11N3O2. The normalized spacial score (nSPS) is 12.8. The summed E-state index contributed by atoms with van der Waals surface area (Å²) < 4.78 is 1.52. The van der Waals surface area contributed by atoms with Crippen LogP contribution in [0.5, 0.6) is 0 Å². The standard InChI is InChI=1S/C7H11N3O2/c1-10-6(2-3-9-10)5(4-8)7(11)12/h2-3,5H,4,8H2,1H3,(H,11,12). The molecule has 1 unspecified atom stereocenters. The molecule has 66 valence electrons. The Morgan fingerprint density at radius 2 is 2.58 bits per heavy atom. The molecule has 0 aliphatic carbocycles. The van der Waals surface area contributed by atoms with Gasteiger partial charge >= 0.3 is 5.97 Å². The van der Waals surface area contributed by atoms with Gasteiger partial charge in [0.05, 0.1) is 5.69 Å². The summed E-state index contributed by atoms with van der Waals surface area (Å²) in [7, 11) is 1.70. The maximum atomic E-state index is 10.7. The van der Waals surface area contributed by atoms with E-state index >= 15 is 0 Å². The third-order valence-electron chi connectivity index (χ3n) is 1.75. The molecule has 0 aliphatic heterocycles. The molecule has 0 amide bonds. The van der Waals surface area contributed by atoms with Crippen LogP contribution in [0.4, 0.5) is 0 Å². The van der Waals surface area contributed by atoms with E-state index in [-0.39, 0.29) is 6.54 Å². The Kier molecular flexibility index (Phi) is 2.44. The van der Waals surface area contributed by atoms with Gasteiger partial charge in [-0.15, -0.1) is 0 Å². The maximum Gasteiger partial charge on any atom is 0.313 e. The number of nitrogens with zero attached hydrogens (tertiary/aromatic N) is 2. The van der Waals surface area contributed by atoms with Gasteiger partial charge in [-0.2, -0.15) is 5.10 Å². The Hall–Kier alpha value is -1.36. The van der Waals surface area contributed by atoms with Gasteiger partial charge in [-0.3, -0.25) is 9.48 Å². The Balaban J connectivity index is 2.94. The number of nitrogens with two attached hydrogens (primary N) is 1. The highest BCUT2D eigenvalue weighted by Crippen LogP contribution is 2.12. The molecule has 0 radical (unpaired) electrons. The fourth-order valence-corrected chi connectivity index (χ4v) is 1.07. The molecule has 1 rings (SSSR count). The molecule has 3 N–H and O–H groups in total. The van der Waals surface area contributed by atoms with E-state index in [1.807, 2.05) is 0 Å². The second kappa shape index (κ2) is 3.36. The molecule has 1 atom stereocenters. The quantitative estimate of drug-likeness (QED) is 0.642. The molecule has 0 bridgehead atoms. The van der Waals surface area contributed by atoms with Gasteiger partial charge in [0.2, 0.25) is 0 Å². The second-order valence-corrected chi connectivity index (χ2v) is 2.51. The number of hydrogen-bond donors (Lipinski definition) is 2. The summed E-state index contributed by atoms with van der Waals surface area (Å²) in [5, 5.41) is 12.6. The number of carboxylic acids is 1. The van der Waals surface area contributed by atoms with Crippen molar-refractivity contribution >= 4 is 5.97 Å². The van der Waals surface area contributed by atoms with Crippen molar-refractivity contribution < 1.29 is 9.90 Å². The third kappa shape index (κ3) is 1.45. The Bertz CT molecular complexity index is 282. The predicted molar refractivity (Wildman–Crippen MR) is 42.6 cm³/mol. The van der Waals surface area contributed by atoms with E-state index in [0.717, 1.165) is 0 Å². The summed E-state index contributed by atoms with van der Waals surface area (Å²) in [5.41, 5.74) is 5.94. The fourth-order valence-electron chi connectivity index (χ4n) is 1.07. The first-order valence-electron chi connectivity index (χ1n) is 3.57. The van der Waals surface area contributed by atoms with Crippen molar-refractivity contribution in [2.75, 3.05) is 6.54 Å². The molecule has 0 aliphatic rings. The van der Waals surface area contributed by atoms with Gasteiger partial charge in [0.25, 0.3) is 0 Å². The lowest BCUT2D eigenvalue weighted by Crippen LogP contribution is -2.23. The molecule has 12 heavy (non-hydrogen) atoms. The minimum absolute atomic E-state index is 0.0921. The van der Waals surface area contributed by atoms with E-state index in [4.69, 9.17) is 10.8 Å². The lowest BCUT2D eigenvalue weighted by molar-refractivity contribution is -0.138. The van der Waals surface area contributed by atoms with Crippen LogP contribution < -0.4 is 5.73 Å². The van der Waals surface area contributed by atoms with Crippen molar-refractivity contribution in [3.8, 4) is 0 Å². The first-order valence-corrected chi connectivity index (χ1v) is 3.57. The van der Waals surface area contributed by atoms with Crippen molar-refractivity contribution in [3.05, 3.63) is 18.0 Å². The topological polar surface area (TPSA) is 81.1 Å². The average molecular weight is 169 g/mol. The van der Waals surface area contributed by atoms with E-state index in [1.54, 1.807) is 19.3 Å². The van der Waals surface area contributed by atoms with Crippen LogP contribution in [0.25, 0.3) is 0 Å². The summed E-state index contributed by atoms with van der Waals surface area (Å²) in [5.74, 6) is -1.57. The minimum Gasteiger partial charge on any atom is -0.481 e. The summed E-state index contributed by atoms with van der Waals surface area (Å²) in [6.07, 6.45) is 1.56. The lowest BCUT2D eigenvalue weighted by Gasteiger charge is -2.08. The molecule has 1 heterocycles. The third-order valence-corrected chi connectivity index (χ3v) is 1.75. The summed E-state index contributed by atoms with van der Waals surface area (Å²) >= 11 is 0. The fraction of sp³-hybridized carbons (Fsp3) is 0.429. The zero-order valence-electron chi connectivity index (χ0n) is 6.77. The first kappa shape index (κ1) is 8.73. The van der Waals surface area contributed by atoms with Crippen LogP contribution in [0.15, 0.2) is 12.3 Å². The predicted octanol–water partition coefficient (Wildman–Crippen LogP) is -0.453. The molecular weight excluding hydrogens is 158 g/mol. The Morgan fingerprint density at radius 3 is 2.92 bits per heavy atom. The SMILES string of the molecule is Cn1nccc1C(CN)C(=O)O. The molecule has 5 heteroatoms. The molecule has 0 saturated heterocycles. The molecule has 0 saturated carbocycles. The highest BCUT2D eigenvalue weighted by molar-refractivity contribution is 5.75. The molecule has 1 aromatic rings. The van der Waals surface area contributed by atoms with E-state index in [2.05, 4.69) is 5.10 Å². The van der Waals surface area contributed by atoms with Crippen molar-refractivity contribution in [2.45, 2.75) is 5.92 Å². The van der Waals surface area contributed by atoms with Crippen LogP contribution in [0.3, 0.4) is 0 Å². The number of carboxylic acid groups (broad SMARTS) is 1. The monoisotopic (exact) mass is 169 g/mol. The van der Waals surface area contributed by atoms with Crippen LogP contribution in [0.1, 0.15) is 11.6 Å². The molecule has 0 spiro atoms. The van der Waals surface area contributed by atoms with Crippen molar-refractivity contribution in [1.29, 1.82) is 0 Å². The van der Waals surface area contributed by atoms with Crippen molar-refractivity contribution in [1.82, 2.24) is 9.78 Å². The summed E-state index contributed by atoms with van der Waals surface area (Å²) in [4.78, 5) is 10.7. The van der Waals surface area contributed by atoms with E-state index in [0.29, 0.717) is 5.69 Å². The van der Waals surface area contributed by atoms with Crippen LogP contribution in [-0.4, -0.2) is 27.4 Å². The summed E-state index contributed by atoms with van der Waals surface area (Å²) in [6.45, 7) is 0.0921. The van der Waals surface area contributed by atoms with Crippen LogP contribution in [-0.2, 0) is 11.8 Å². The van der Waals surface area contributed by atoms with Crippen molar-refractivity contribution in [3.63, 3.8) is 0 Å². The largest absolute Gasteiger partial charge is 0.481 e. The number of aromatic nitrogens is 2. The van der Waals surface area contributed by atoms with Gasteiger partial charge in [-0.05, 0) is 6.07 Å². The first-order chi connectivity index (χ1) is 5.66. The number of rotatable bonds is 3. The van der Waals surface area contributed by atoms with Gasteiger partial charge in [0.1, 0.15) is 5.92 Å². The Morgan fingerprint density at radius 1 is 1.92 bits per heavy atom. The average Bonchev–Trinajstić information content (AvgIpc) is 2.38. The molecule has 0 aromatic carbocycles. The molecule has 5 nitrogen and oxygen atoms in total. The van der Waals surface area contributed by atoms with Crippen LogP contribution in [0, 0.1) is 0 Å². The van der Waals surface area contributed by atoms with Gasteiger partial charge in [0, 0.05) is 19.8 Å². The number of aryl methyl sites for hydroxylation is 1. The van der Waals surface area contributed by atoms with E-state index in [1.165, 1.54) is 4.68 Å². The Labute approximate surface area is 69.8 Å². The van der Waals surface area contributed by atoms with E-state index < -0.39 is 11.9 Å². The number of hydrogen-bond acceptors (Lipinski definition) is 3. The highest BCUT2D eigenvalue weighted by Gasteiger charge is 2.20. The summed E-state index contributed by atoms with van der Waals surface area (Å²) in [6, 6.07) is 1.66. The van der Waals surface area contributed by atoms with Gasteiger partial charge < -0.3 is 10.8 Å². The highest BCUT2D eigenvalue weighted by atomic mass is 16.4.